The average molecular weight is 96.2 g/mol. The molecule has 1 nitrogen and oxygen atoms in total. The molecule has 1 heterocycles. The summed E-state index contributed by atoms with van der Waals surface area (Å²) < 4.78 is 0. The molecule has 0 aromatic carbocycles. The first-order valence-electron chi connectivity index (χ1n) is 2.50. The molecule has 7 heavy (non-hydrogen) atoms. The minimum absolute atomic E-state index is 1.11. The zero-order chi connectivity index (χ0) is 5.28. The van der Waals surface area contributed by atoms with Gasteiger partial charge in [-0.1, -0.05) is 11.6 Å². The zero-order valence-corrected chi connectivity index (χ0v) is 4.81. The van der Waals surface area contributed by atoms with Crippen LogP contribution in [0.1, 0.15) is 6.92 Å². The average Bonchev–Trinajstić information content (AvgIpc) is 1.87. The van der Waals surface area contributed by atoms with Crippen LogP contribution in [0.5, 0.6) is 0 Å². The van der Waals surface area contributed by atoms with Gasteiger partial charge in [0, 0.05) is 13.1 Å². The Bertz CT molecular complexity index is 94.4. The minimum Gasteiger partial charge on any atom is -0.294 e. The smallest absolute Gasteiger partial charge is 0.0473 e. The molecule has 0 bridgehead atoms. The van der Waals surface area contributed by atoms with Crippen LogP contribution in [0.25, 0.3) is 0 Å². The molecule has 0 atom stereocenters. The summed E-state index contributed by atoms with van der Waals surface area (Å²) in [5.74, 6) is 0. The molecule has 1 heteroatoms. The van der Waals surface area contributed by atoms with Crippen molar-refractivity contribution in [2.75, 3.05) is 13.6 Å². The van der Waals surface area contributed by atoms with E-state index in [0.717, 1.165) is 6.54 Å². The summed E-state index contributed by atoms with van der Waals surface area (Å²) in [5, 5.41) is 0. The van der Waals surface area contributed by atoms with E-state index < -0.39 is 0 Å². The third-order valence-corrected chi connectivity index (χ3v) is 1.11. The third kappa shape index (κ3) is 1.03. The van der Waals surface area contributed by atoms with Gasteiger partial charge < -0.3 is 0 Å². The van der Waals surface area contributed by atoms with Crippen LogP contribution in [0.3, 0.4) is 0 Å². The lowest BCUT2D eigenvalue weighted by Gasteiger charge is -2.02. The van der Waals surface area contributed by atoms with Crippen molar-refractivity contribution in [2.45, 2.75) is 6.92 Å². The van der Waals surface area contributed by atoms with E-state index in [1.165, 1.54) is 5.57 Å². The Labute approximate surface area is 44.6 Å². The lowest BCUT2D eigenvalue weighted by molar-refractivity contribution is 0.485. The molecule has 0 saturated carbocycles. The van der Waals surface area contributed by atoms with E-state index in [9.17, 15) is 0 Å². The van der Waals surface area contributed by atoms with E-state index in [1.807, 2.05) is 0 Å². The topological polar surface area (TPSA) is 3.24 Å². The van der Waals surface area contributed by atoms with Crippen LogP contribution in [0.2, 0.25) is 0 Å². The fourth-order valence-corrected chi connectivity index (χ4v) is 0.753. The van der Waals surface area contributed by atoms with Crippen LogP contribution in [-0.2, 0) is 0 Å². The fraction of sp³-hybridized carbons (Fsp3) is 0.500. The van der Waals surface area contributed by atoms with E-state index in [-0.39, 0.29) is 0 Å². The summed E-state index contributed by atoms with van der Waals surface area (Å²) in [7, 11) is 2.08. The number of rotatable bonds is 0. The SMILES string of the molecule is CC1=C[CH]N(C)C1. The lowest BCUT2D eigenvalue weighted by Crippen LogP contribution is -2.08. The van der Waals surface area contributed by atoms with Crippen LogP contribution in [-0.4, -0.2) is 18.5 Å². The Morgan fingerprint density at radius 3 is 2.57 bits per heavy atom. The molecule has 0 unspecified atom stereocenters. The van der Waals surface area contributed by atoms with Crippen molar-refractivity contribution >= 4 is 0 Å². The highest BCUT2D eigenvalue weighted by molar-refractivity contribution is 5.13. The third-order valence-electron chi connectivity index (χ3n) is 1.11. The zero-order valence-electron chi connectivity index (χ0n) is 4.81. The molecule has 0 aromatic rings. The molecule has 0 spiro atoms. The van der Waals surface area contributed by atoms with Gasteiger partial charge in [-0.15, -0.1) is 0 Å². The first-order chi connectivity index (χ1) is 3.29. The van der Waals surface area contributed by atoms with E-state index in [2.05, 4.69) is 31.5 Å². The van der Waals surface area contributed by atoms with Crippen molar-refractivity contribution in [3.63, 3.8) is 0 Å². The van der Waals surface area contributed by atoms with E-state index >= 15 is 0 Å². The van der Waals surface area contributed by atoms with Crippen LogP contribution in [0, 0.1) is 6.54 Å². The van der Waals surface area contributed by atoms with E-state index in [1.54, 1.807) is 0 Å². The first kappa shape index (κ1) is 4.85. The molecule has 1 aliphatic heterocycles. The maximum atomic E-state index is 2.16. The summed E-state index contributed by atoms with van der Waals surface area (Å²) in [6, 6.07) is 0. The highest BCUT2D eigenvalue weighted by atomic mass is 15.1. The molecule has 0 saturated heterocycles. The Hall–Kier alpha value is -0.300. The standard InChI is InChI=1S/C6H10N/c1-6-3-4-7(2)5-6/h3-4H,5H2,1-2H3. The number of hydrogen-bond donors (Lipinski definition) is 0. The van der Waals surface area contributed by atoms with Crippen molar-refractivity contribution in [1.29, 1.82) is 0 Å². The number of nitrogens with zero attached hydrogens (tertiary/aromatic N) is 1. The highest BCUT2D eigenvalue weighted by Crippen LogP contribution is 2.07. The maximum absolute atomic E-state index is 2.16. The van der Waals surface area contributed by atoms with Crippen molar-refractivity contribution in [3.8, 4) is 0 Å². The highest BCUT2D eigenvalue weighted by Gasteiger charge is 2.03. The molecule has 0 aliphatic carbocycles. The Morgan fingerprint density at radius 2 is 2.43 bits per heavy atom. The van der Waals surface area contributed by atoms with Gasteiger partial charge in [-0.3, -0.25) is 4.90 Å². The molecule has 0 aromatic heterocycles. The summed E-state index contributed by atoms with van der Waals surface area (Å²) in [5.41, 5.74) is 1.45. The molecular weight excluding hydrogens is 86.1 g/mol. The second-order valence-electron chi connectivity index (χ2n) is 2.08. The van der Waals surface area contributed by atoms with Gasteiger partial charge in [0.1, 0.15) is 0 Å². The number of hydrogen-bond acceptors (Lipinski definition) is 1. The summed E-state index contributed by atoms with van der Waals surface area (Å²) in [6.45, 7) is 5.34. The number of likely N-dealkylation sites (N-methyl/N-ethyl adjacent to an activating group) is 1. The molecule has 1 radical (unpaired) electrons. The molecule has 0 amide bonds. The van der Waals surface area contributed by atoms with Gasteiger partial charge in [0.15, 0.2) is 0 Å². The summed E-state index contributed by atoms with van der Waals surface area (Å²) >= 11 is 0. The second-order valence-corrected chi connectivity index (χ2v) is 2.08. The van der Waals surface area contributed by atoms with Crippen molar-refractivity contribution < 1.29 is 0 Å². The van der Waals surface area contributed by atoms with E-state index in [4.69, 9.17) is 0 Å². The molecular formula is C6H10N. The Balaban J connectivity index is 2.42. The fourth-order valence-electron chi connectivity index (χ4n) is 0.753. The molecule has 39 valence electrons. The second kappa shape index (κ2) is 1.66. The van der Waals surface area contributed by atoms with Crippen LogP contribution < -0.4 is 0 Å². The minimum atomic E-state index is 1.11. The van der Waals surface area contributed by atoms with Gasteiger partial charge in [-0.2, -0.15) is 0 Å². The van der Waals surface area contributed by atoms with Crippen LogP contribution in [0.15, 0.2) is 11.6 Å². The summed E-state index contributed by atoms with van der Waals surface area (Å²) in [4.78, 5) is 2.16. The predicted molar refractivity (Wildman–Crippen MR) is 30.7 cm³/mol. The molecule has 1 rings (SSSR count). The van der Waals surface area contributed by atoms with Crippen molar-refractivity contribution in [1.82, 2.24) is 4.90 Å². The van der Waals surface area contributed by atoms with Crippen LogP contribution >= 0.6 is 0 Å². The quantitative estimate of drug-likeness (QED) is 0.435. The van der Waals surface area contributed by atoms with Crippen molar-refractivity contribution in [2.24, 2.45) is 0 Å². The largest absolute Gasteiger partial charge is 0.294 e. The van der Waals surface area contributed by atoms with Crippen LogP contribution in [0.4, 0.5) is 0 Å². The normalized spacial score (nSPS) is 22.9. The molecule has 0 fully saturated rings. The Morgan fingerprint density at radius 1 is 1.71 bits per heavy atom. The lowest BCUT2D eigenvalue weighted by atomic mass is 10.3. The van der Waals surface area contributed by atoms with Gasteiger partial charge >= 0.3 is 0 Å². The Kier molecular flexibility index (Phi) is 1.15. The summed E-state index contributed by atoms with van der Waals surface area (Å²) in [6.07, 6.45) is 2.14. The molecule has 1 aliphatic rings. The van der Waals surface area contributed by atoms with Gasteiger partial charge in [0.25, 0.3) is 0 Å². The van der Waals surface area contributed by atoms with Gasteiger partial charge in [0.05, 0.1) is 0 Å². The first-order valence-corrected chi connectivity index (χ1v) is 2.50. The monoisotopic (exact) mass is 96.1 g/mol. The van der Waals surface area contributed by atoms with E-state index in [0.29, 0.717) is 0 Å². The maximum Gasteiger partial charge on any atom is 0.0473 e. The van der Waals surface area contributed by atoms with Gasteiger partial charge in [-0.05, 0) is 14.0 Å². The molecule has 0 N–H and O–H groups in total. The van der Waals surface area contributed by atoms with Crippen molar-refractivity contribution in [3.05, 3.63) is 18.2 Å². The van der Waals surface area contributed by atoms with Gasteiger partial charge in [0.2, 0.25) is 0 Å². The van der Waals surface area contributed by atoms with Gasteiger partial charge in [-0.25, -0.2) is 0 Å². The predicted octanol–water partition coefficient (Wildman–Crippen LogP) is 1.04.